The van der Waals surface area contributed by atoms with Gasteiger partial charge in [-0.15, -0.1) is 0 Å². The molecular weight excluding hydrogens is 272 g/mol. The largest absolute Gasteiger partial charge is 0.313 e. The van der Waals surface area contributed by atoms with Crippen molar-refractivity contribution in [2.45, 2.75) is 70.6 Å². The molecule has 0 radical (unpaired) electrons. The average molecular weight is 302 g/mol. The molecule has 5 heteroatoms. The Bertz CT molecular complexity index is 404. The van der Waals surface area contributed by atoms with Crippen LogP contribution in [0.4, 0.5) is 0 Å². The molecule has 1 spiro atoms. The standard InChI is InChI=1S/C15H30N2O2S/c1-13(2)16-12-14(3)20(18,19)17-10-8-15(9-11-17)6-4-5-7-15/h13-14,16H,4-12H2,1-3H3. The van der Waals surface area contributed by atoms with Crippen LogP contribution in [0.25, 0.3) is 0 Å². The van der Waals surface area contributed by atoms with Crippen molar-refractivity contribution < 1.29 is 8.42 Å². The fourth-order valence-corrected chi connectivity index (χ4v) is 5.11. The maximum absolute atomic E-state index is 12.6. The second kappa shape index (κ2) is 6.32. The monoisotopic (exact) mass is 302 g/mol. The molecule has 0 aromatic heterocycles. The Hall–Kier alpha value is -0.130. The van der Waals surface area contributed by atoms with Gasteiger partial charge in [0.1, 0.15) is 0 Å². The van der Waals surface area contributed by atoms with Crippen LogP contribution in [0.3, 0.4) is 0 Å². The van der Waals surface area contributed by atoms with Crippen LogP contribution in [0.1, 0.15) is 59.3 Å². The molecule has 1 aliphatic carbocycles. The molecule has 2 rings (SSSR count). The first kappa shape index (κ1) is 16.2. The van der Waals surface area contributed by atoms with Crippen molar-refractivity contribution in [3.05, 3.63) is 0 Å². The summed E-state index contributed by atoms with van der Waals surface area (Å²) >= 11 is 0. The summed E-state index contributed by atoms with van der Waals surface area (Å²) in [5.41, 5.74) is 0.478. The lowest BCUT2D eigenvalue weighted by Crippen LogP contribution is -2.48. The number of hydrogen-bond donors (Lipinski definition) is 1. The zero-order chi connectivity index (χ0) is 14.8. The summed E-state index contributed by atoms with van der Waals surface area (Å²) in [5, 5.41) is 2.90. The first-order chi connectivity index (χ1) is 9.36. The first-order valence-corrected chi connectivity index (χ1v) is 9.58. The van der Waals surface area contributed by atoms with E-state index in [4.69, 9.17) is 0 Å². The van der Waals surface area contributed by atoms with E-state index in [-0.39, 0.29) is 5.25 Å². The lowest BCUT2D eigenvalue weighted by Gasteiger charge is -2.39. The number of piperidine rings is 1. The SMILES string of the molecule is CC(C)NCC(C)S(=O)(=O)N1CCC2(CCCC2)CC1. The van der Waals surface area contributed by atoms with Crippen molar-refractivity contribution >= 4 is 10.0 Å². The Morgan fingerprint density at radius 1 is 1.05 bits per heavy atom. The molecule has 4 nitrogen and oxygen atoms in total. The smallest absolute Gasteiger partial charge is 0.217 e. The van der Waals surface area contributed by atoms with Gasteiger partial charge in [0, 0.05) is 25.7 Å². The summed E-state index contributed by atoms with van der Waals surface area (Å²) < 4.78 is 26.9. The van der Waals surface area contributed by atoms with E-state index in [0.717, 1.165) is 25.9 Å². The van der Waals surface area contributed by atoms with Crippen LogP contribution in [0.5, 0.6) is 0 Å². The third-order valence-electron chi connectivity index (χ3n) is 5.13. The maximum atomic E-state index is 12.6. The molecule has 0 aromatic rings. The van der Waals surface area contributed by atoms with Crippen molar-refractivity contribution in [1.82, 2.24) is 9.62 Å². The number of nitrogens with zero attached hydrogens (tertiary/aromatic N) is 1. The van der Waals surface area contributed by atoms with E-state index in [2.05, 4.69) is 5.32 Å². The zero-order valence-electron chi connectivity index (χ0n) is 13.2. The van der Waals surface area contributed by atoms with Gasteiger partial charge in [0.25, 0.3) is 0 Å². The molecule has 20 heavy (non-hydrogen) atoms. The van der Waals surface area contributed by atoms with Gasteiger partial charge in [0.2, 0.25) is 10.0 Å². The van der Waals surface area contributed by atoms with E-state index in [1.807, 2.05) is 20.8 Å². The van der Waals surface area contributed by atoms with Crippen molar-refractivity contribution in [2.24, 2.45) is 5.41 Å². The molecule has 0 amide bonds. The number of sulfonamides is 1. The molecule has 1 aliphatic heterocycles. The molecule has 1 atom stereocenters. The lowest BCUT2D eigenvalue weighted by atomic mass is 9.78. The fraction of sp³-hybridized carbons (Fsp3) is 1.00. The quantitative estimate of drug-likeness (QED) is 0.848. The molecule has 118 valence electrons. The van der Waals surface area contributed by atoms with E-state index >= 15 is 0 Å². The van der Waals surface area contributed by atoms with E-state index in [1.54, 1.807) is 4.31 Å². The second-order valence-electron chi connectivity index (χ2n) is 7.02. The fourth-order valence-electron chi connectivity index (χ4n) is 3.60. The third-order valence-corrected chi connectivity index (χ3v) is 7.40. The summed E-state index contributed by atoms with van der Waals surface area (Å²) in [6, 6.07) is 0.329. The molecule has 1 saturated carbocycles. The summed E-state index contributed by atoms with van der Waals surface area (Å²) in [4.78, 5) is 0. The van der Waals surface area contributed by atoms with Gasteiger partial charge in [-0.2, -0.15) is 0 Å². The van der Waals surface area contributed by atoms with Crippen molar-refractivity contribution in [3.63, 3.8) is 0 Å². The van der Waals surface area contributed by atoms with Crippen LogP contribution in [0.2, 0.25) is 0 Å². The minimum Gasteiger partial charge on any atom is -0.313 e. The van der Waals surface area contributed by atoms with Gasteiger partial charge < -0.3 is 5.32 Å². The zero-order valence-corrected chi connectivity index (χ0v) is 14.0. The van der Waals surface area contributed by atoms with Crippen molar-refractivity contribution in [1.29, 1.82) is 0 Å². The topological polar surface area (TPSA) is 49.4 Å². The molecular formula is C15H30N2O2S. The van der Waals surface area contributed by atoms with Gasteiger partial charge >= 0.3 is 0 Å². The summed E-state index contributed by atoms with van der Waals surface area (Å²) in [6.45, 7) is 7.92. The van der Waals surface area contributed by atoms with E-state index in [1.165, 1.54) is 25.7 Å². The second-order valence-corrected chi connectivity index (χ2v) is 9.38. The van der Waals surface area contributed by atoms with E-state index in [0.29, 0.717) is 18.0 Å². The summed E-state index contributed by atoms with van der Waals surface area (Å²) in [5.74, 6) is 0. The predicted molar refractivity (Wildman–Crippen MR) is 83.2 cm³/mol. The summed E-state index contributed by atoms with van der Waals surface area (Å²) in [6.07, 6.45) is 7.42. The highest BCUT2D eigenvalue weighted by Crippen LogP contribution is 2.46. The third kappa shape index (κ3) is 3.55. The minimum atomic E-state index is -3.13. The predicted octanol–water partition coefficient (Wildman–Crippen LogP) is 2.36. The Balaban J connectivity index is 1.91. The molecule has 2 fully saturated rings. The molecule has 1 heterocycles. The van der Waals surface area contributed by atoms with Crippen LogP contribution in [0, 0.1) is 5.41 Å². The normalized spacial score (nSPS) is 25.4. The van der Waals surface area contributed by atoms with Crippen LogP contribution in [-0.2, 0) is 10.0 Å². The number of hydrogen-bond acceptors (Lipinski definition) is 3. The van der Waals surface area contributed by atoms with Crippen LogP contribution >= 0.6 is 0 Å². The molecule has 1 N–H and O–H groups in total. The van der Waals surface area contributed by atoms with Crippen LogP contribution < -0.4 is 5.32 Å². The van der Waals surface area contributed by atoms with Crippen LogP contribution in [-0.4, -0.2) is 43.6 Å². The van der Waals surface area contributed by atoms with E-state index < -0.39 is 10.0 Å². The highest BCUT2D eigenvalue weighted by Gasteiger charge is 2.40. The van der Waals surface area contributed by atoms with Gasteiger partial charge in [-0.1, -0.05) is 26.7 Å². The highest BCUT2D eigenvalue weighted by atomic mass is 32.2. The Morgan fingerprint density at radius 2 is 1.60 bits per heavy atom. The molecule has 1 unspecified atom stereocenters. The van der Waals surface area contributed by atoms with Crippen molar-refractivity contribution in [3.8, 4) is 0 Å². The average Bonchev–Trinajstić information content (AvgIpc) is 2.84. The molecule has 0 aromatic carbocycles. The Kier molecular flexibility index (Phi) is 5.14. The first-order valence-electron chi connectivity index (χ1n) is 8.08. The van der Waals surface area contributed by atoms with Crippen LogP contribution in [0.15, 0.2) is 0 Å². The molecule has 0 bridgehead atoms. The minimum absolute atomic E-state index is 0.329. The van der Waals surface area contributed by atoms with Gasteiger partial charge in [0.05, 0.1) is 5.25 Å². The molecule has 1 saturated heterocycles. The van der Waals surface area contributed by atoms with Gasteiger partial charge in [-0.3, -0.25) is 0 Å². The van der Waals surface area contributed by atoms with Gasteiger partial charge in [-0.05, 0) is 38.0 Å². The Morgan fingerprint density at radius 3 is 2.10 bits per heavy atom. The van der Waals surface area contributed by atoms with E-state index in [9.17, 15) is 8.42 Å². The molecule has 2 aliphatic rings. The Labute approximate surface area is 124 Å². The lowest BCUT2D eigenvalue weighted by molar-refractivity contribution is 0.159. The number of rotatable bonds is 5. The number of nitrogens with one attached hydrogen (secondary N) is 1. The summed E-state index contributed by atoms with van der Waals surface area (Å²) in [7, 11) is -3.13. The highest BCUT2D eigenvalue weighted by molar-refractivity contribution is 7.89. The maximum Gasteiger partial charge on any atom is 0.217 e. The van der Waals surface area contributed by atoms with Gasteiger partial charge in [0.15, 0.2) is 0 Å². The van der Waals surface area contributed by atoms with Gasteiger partial charge in [-0.25, -0.2) is 12.7 Å². The van der Waals surface area contributed by atoms with Crippen molar-refractivity contribution in [2.75, 3.05) is 19.6 Å².